The smallest absolute Gasteiger partial charge is 0.101 e. The lowest BCUT2D eigenvalue weighted by Crippen LogP contribution is -1.96. The average molecular weight is 255 g/mol. The van der Waals surface area contributed by atoms with Gasteiger partial charge in [-0.15, -0.1) is 0 Å². The van der Waals surface area contributed by atoms with Gasteiger partial charge in [-0.3, -0.25) is 4.98 Å². The highest BCUT2D eigenvalue weighted by molar-refractivity contribution is 6.30. The van der Waals surface area contributed by atoms with Gasteiger partial charge < -0.3 is 5.32 Å². The van der Waals surface area contributed by atoms with Gasteiger partial charge in [0.25, 0.3) is 0 Å². The SMILES string of the molecule is N#Cc1ccncc1Nc1cc(Cl)ccc1C#N. The molecule has 0 saturated carbocycles. The van der Waals surface area contributed by atoms with Gasteiger partial charge in [0.1, 0.15) is 12.1 Å². The maximum Gasteiger partial charge on any atom is 0.101 e. The van der Waals surface area contributed by atoms with Crippen LogP contribution in [0.15, 0.2) is 36.7 Å². The summed E-state index contributed by atoms with van der Waals surface area (Å²) in [6.07, 6.45) is 3.06. The Balaban J connectivity index is 2.44. The molecule has 2 aromatic rings. The topological polar surface area (TPSA) is 72.5 Å². The van der Waals surface area contributed by atoms with E-state index in [0.29, 0.717) is 27.5 Å². The quantitative estimate of drug-likeness (QED) is 0.893. The molecule has 0 radical (unpaired) electrons. The van der Waals surface area contributed by atoms with Crippen molar-refractivity contribution in [1.82, 2.24) is 4.98 Å². The lowest BCUT2D eigenvalue weighted by molar-refractivity contribution is 1.30. The van der Waals surface area contributed by atoms with Gasteiger partial charge in [0.05, 0.1) is 28.7 Å². The van der Waals surface area contributed by atoms with E-state index in [-0.39, 0.29) is 0 Å². The maximum absolute atomic E-state index is 9.00. The number of benzene rings is 1. The molecule has 0 spiro atoms. The van der Waals surface area contributed by atoms with Gasteiger partial charge in [0.15, 0.2) is 0 Å². The number of anilines is 2. The predicted octanol–water partition coefficient (Wildman–Crippen LogP) is 3.22. The van der Waals surface area contributed by atoms with Crippen molar-refractivity contribution < 1.29 is 0 Å². The van der Waals surface area contributed by atoms with E-state index in [9.17, 15) is 0 Å². The summed E-state index contributed by atoms with van der Waals surface area (Å²) in [7, 11) is 0. The monoisotopic (exact) mass is 254 g/mol. The first-order chi connectivity index (χ1) is 8.74. The highest BCUT2D eigenvalue weighted by Crippen LogP contribution is 2.25. The number of nitrogens with one attached hydrogen (secondary N) is 1. The Kier molecular flexibility index (Phi) is 3.43. The molecular formula is C13H7ClN4. The molecule has 5 heteroatoms. The maximum atomic E-state index is 9.00. The average Bonchev–Trinajstić information content (AvgIpc) is 2.40. The van der Waals surface area contributed by atoms with Crippen LogP contribution in [-0.2, 0) is 0 Å². The summed E-state index contributed by atoms with van der Waals surface area (Å²) in [6.45, 7) is 0. The molecule has 0 bridgehead atoms. The van der Waals surface area contributed by atoms with Crippen molar-refractivity contribution in [2.75, 3.05) is 5.32 Å². The molecule has 0 aliphatic carbocycles. The van der Waals surface area contributed by atoms with Crippen LogP contribution in [0.4, 0.5) is 11.4 Å². The summed E-state index contributed by atoms with van der Waals surface area (Å²) in [5, 5.41) is 21.5. The lowest BCUT2D eigenvalue weighted by atomic mass is 10.1. The van der Waals surface area contributed by atoms with Crippen LogP contribution in [-0.4, -0.2) is 4.98 Å². The minimum atomic E-state index is 0.451. The Morgan fingerprint density at radius 2 is 1.78 bits per heavy atom. The van der Waals surface area contributed by atoms with E-state index in [4.69, 9.17) is 22.1 Å². The second kappa shape index (κ2) is 5.18. The van der Waals surface area contributed by atoms with Gasteiger partial charge in [-0.1, -0.05) is 11.6 Å². The van der Waals surface area contributed by atoms with Gasteiger partial charge in [-0.2, -0.15) is 10.5 Å². The largest absolute Gasteiger partial charge is 0.352 e. The van der Waals surface area contributed by atoms with Crippen LogP contribution in [0, 0.1) is 22.7 Å². The first-order valence-corrected chi connectivity index (χ1v) is 5.43. The lowest BCUT2D eigenvalue weighted by Gasteiger charge is -2.09. The van der Waals surface area contributed by atoms with E-state index in [1.54, 1.807) is 24.3 Å². The second-order valence-electron chi connectivity index (χ2n) is 3.46. The van der Waals surface area contributed by atoms with Gasteiger partial charge >= 0.3 is 0 Å². The minimum Gasteiger partial charge on any atom is -0.352 e. The summed E-state index contributed by atoms with van der Waals surface area (Å²) in [5.41, 5.74) is 1.99. The number of hydrogen-bond donors (Lipinski definition) is 1. The molecule has 1 aromatic carbocycles. The van der Waals surface area contributed by atoms with Crippen LogP contribution in [0.1, 0.15) is 11.1 Å². The van der Waals surface area contributed by atoms with E-state index in [1.165, 1.54) is 12.4 Å². The third-order valence-electron chi connectivity index (χ3n) is 2.31. The summed E-state index contributed by atoms with van der Waals surface area (Å²) >= 11 is 5.88. The van der Waals surface area contributed by atoms with Crippen molar-refractivity contribution in [3.8, 4) is 12.1 Å². The Morgan fingerprint density at radius 3 is 2.50 bits per heavy atom. The minimum absolute atomic E-state index is 0.451. The van der Waals surface area contributed by atoms with Gasteiger partial charge in [0, 0.05) is 11.2 Å². The molecule has 0 atom stereocenters. The molecule has 0 saturated heterocycles. The molecule has 0 amide bonds. The van der Waals surface area contributed by atoms with E-state index in [1.807, 2.05) is 6.07 Å². The zero-order chi connectivity index (χ0) is 13.0. The first-order valence-electron chi connectivity index (χ1n) is 5.05. The summed E-state index contributed by atoms with van der Waals surface area (Å²) in [6, 6.07) is 10.6. The fourth-order valence-electron chi connectivity index (χ4n) is 1.45. The molecule has 0 unspecified atom stereocenters. The molecule has 1 heterocycles. The zero-order valence-electron chi connectivity index (χ0n) is 9.18. The standard InChI is InChI=1S/C13H7ClN4/c14-11-2-1-9(6-15)12(5-11)18-13-8-17-4-3-10(13)7-16/h1-5,8,18H. The third kappa shape index (κ3) is 2.40. The van der Waals surface area contributed by atoms with Crippen molar-refractivity contribution in [3.63, 3.8) is 0 Å². The molecule has 2 rings (SSSR count). The van der Waals surface area contributed by atoms with E-state index < -0.39 is 0 Å². The Hall–Kier alpha value is -2.56. The molecule has 0 aliphatic heterocycles. The van der Waals surface area contributed by atoms with E-state index >= 15 is 0 Å². The molecular weight excluding hydrogens is 248 g/mol. The van der Waals surface area contributed by atoms with E-state index in [0.717, 1.165) is 0 Å². The number of hydrogen-bond acceptors (Lipinski definition) is 4. The normalized spacial score (nSPS) is 9.28. The van der Waals surface area contributed by atoms with Crippen molar-refractivity contribution >= 4 is 23.0 Å². The van der Waals surface area contributed by atoms with Crippen LogP contribution in [0.5, 0.6) is 0 Å². The molecule has 1 N–H and O–H groups in total. The number of nitriles is 2. The molecule has 1 aromatic heterocycles. The molecule has 0 aliphatic rings. The fraction of sp³-hybridized carbons (Fsp3) is 0. The molecule has 4 nitrogen and oxygen atoms in total. The van der Waals surface area contributed by atoms with Crippen molar-refractivity contribution in [3.05, 3.63) is 52.8 Å². The summed E-state index contributed by atoms with van der Waals surface area (Å²) in [4.78, 5) is 3.94. The van der Waals surface area contributed by atoms with E-state index in [2.05, 4.69) is 16.4 Å². The van der Waals surface area contributed by atoms with Crippen LogP contribution in [0.2, 0.25) is 5.02 Å². The highest BCUT2D eigenvalue weighted by atomic mass is 35.5. The van der Waals surface area contributed by atoms with Crippen LogP contribution in [0.25, 0.3) is 0 Å². The first kappa shape index (κ1) is 11.9. The van der Waals surface area contributed by atoms with Crippen LogP contribution < -0.4 is 5.32 Å². The van der Waals surface area contributed by atoms with Crippen LogP contribution in [0.3, 0.4) is 0 Å². The van der Waals surface area contributed by atoms with Gasteiger partial charge in [-0.25, -0.2) is 0 Å². The number of nitrogens with zero attached hydrogens (tertiary/aromatic N) is 3. The third-order valence-corrected chi connectivity index (χ3v) is 2.55. The Labute approximate surface area is 109 Å². The molecule has 0 fully saturated rings. The zero-order valence-corrected chi connectivity index (χ0v) is 9.94. The Bertz CT molecular complexity index is 667. The number of aromatic nitrogens is 1. The Morgan fingerprint density at radius 1 is 1.06 bits per heavy atom. The summed E-state index contributed by atoms with van der Waals surface area (Å²) < 4.78 is 0. The fourth-order valence-corrected chi connectivity index (χ4v) is 1.63. The number of pyridine rings is 1. The molecule has 18 heavy (non-hydrogen) atoms. The molecule has 86 valence electrons. The van der Waals surface area contributed by atoms with Gasteiger partial charge in [0.2, 0.25) is 0 Å². The summed E-state index contributed by atoms with van der Waals surface area (Å²) in [5.74, 6) is 0. The number of halogens is 1. The highest BCUT2D eigenvalue weighted by Gasteiger charge is 2.06. The van der Waals surface area contributed by atoms with Gasteiger partial charge in [-0.05, 0) is 24.3 Å². The van der Waals surface area contributed by atoms with Crippen LogP contribution >= 0.6 is 11.6 Å². The van der Waals surface area contributed by atoms with Crippen molar-refractivity contribution in [2.24, 2.45) is 0 Å². The van der Waals surface area contributed by atoms with Crippen molar-refractivity contribution in [2.45, 2.75) is 0 Å². The predicted molar refractivity (Wildman–Crippen MR) is 68.4 cm³/mol. The number of rotatable bonds is 2. The second-order valence-corrected chi connectivity index (χ2v) is 3.90. The van der Waals surface area contributed by atoms with Crippen molar-refractivity contribution in [1.29, 1.82) is 10.5 Å².